The van der Waals surface area contributed by atoms with Crippen molar-refractivity contribution in [1.82, 2.24) is 9.97 Å². The molecule has 0 aliphatic rings. The third-order valence-electron chi connectivity index (χ3n) is 1.67. The largest absolute Gasteiger partial charge is 0.294 e. The van der Waals surface area contributed by atoms with Gasteiger partial charge in [-0.2, -0.15) is 0 Å². The van der Waals surface area contributed by atoms with E-state index in [1.807, 2.05) is 0 Å². The number of hydrogen-bond donors (Lipinski definition) is 0. The summed E-state index contributed by atoms with van der Waals surface area (Å²) < 4.78 is 22.1. The molecule has 0 atom stereocenters. The van der Waals surface area contributed by atoms with E-state index in [-0.39, 0.29) is 10.9 Å². The maximum atomic E-state index is 11.1. The molecule has 0 aliphatic carbocycles. The van der Waals surface area contributed by atoms with Gasteiger partial charge in [-0.05, 0) is 13.8 Å². The van der Waals surface area contributed by atoms with Crippen molar-refractivity contribution in [2.45, 2.75) is 19.0 Å². The van der Waals surface area contributed by atoms with Gasteiger partial charge in [0.25, 0.3) is 0 Å². The van der Waals surface area contributed by atoms with Gasteiger partial charge in [0, 0.05) is 12.5 Å². The van der Waals surface area contributed by atoms with Crippen LogP contribution in [0.2, 0.25) is 0 Å². The number of aryl methyl sites for hydroxylation is 1. The molecule has 14 heavy (non-hydrogen) atoms. The zero-order valence-electron chi connectivity index (χ0n) is 8.10. The molecule has 0 unspecified atom stereocenters. The van der Waals surface area contributed by atoms with Gasteiger partial charge < -0.3 is 0 Å². The van der Waals surface area contributed by atoms with E-state index >= 15 is 0 Å². The van der Waals surface area contributed by atoms with E-state index in [9.17, 15) is 13.2 Å². The molecule has 0 amide bonds. The van der Waals surface area contributed by atoms with Gasteiger partial charge in [-0.1, -0.05) is 0 Å². The number of hydrogen-bond acceptors (Lipinski definition) is 5. The first-order valence-corrected chi connectivity index (χ1v) is 5.76. The molecule has 6 heteroatoms. The maximum Gasteiger partial charge on any atom is 0.247 e. The van der Waals surface area contributed by atoms with Crippen LogP contribution in [0.4, 0.5) is 0 Å². The third-order valence-corrected chi connectivity index (χ3v) is 2.53. The van der Waals surface area contributed by atoms with Crippen molar-refractivity contribution in [3.63, 3.8) is 0 Å². The SMILES string of the molecule is CC(=O)c1cnc(S(C)(=O)=O)nc1C. The van der Waals surface area contributed by atoms with E-state index in [4.69, 9.17) is 0 Å². The Morgan fingerprint density at radius 3 is 2.36 bits per heavy atom. The van der Waals surface area contributed by atoms with Gasteiger partial charge in [0.1, 0.15) is 0 Å². The molecule has 0 radical (unpaired) electrons. The second kappa shape index (κ2) is 3.45. The van der Waals surface area contributed by atoms with Gasteiger partial charge in [-0.15, -0.1) is 0 Å². The summed E-state index contributed by atoms with van der Waals surface area (Å²) >= 11 is 0. The zero-order chi connectivity index (χ0) is 10.9. The fourth-order valence-electron chi connectivity index (χ4n) is 0.970. The summed E-state index contributed by atoms with van der Waals surface area (Å²) in [5, 5.41) is -0.250. The topological polar surface area (TPSA) is 77.0 Å². The molecular weight excluding hydrogens is 204 g/mol. The highest BCUT2D eigenvalue weighted by Gasteiger charge is 2.14. The van der Waals surface area contributed by atoms with E-state index < -0.39 is 9.84 Å². The van der Waals surface area contributed by atoms with Crippen LogP contribution in [0.3, 0.4) is 0 Å². The summed E-state index contributed by atoms with van der Waals surface area (Å²) in [7, 11) is -3.40. The van der Waals surface area contributed by atoms with E-state index in [2.05, 4.69) is 9.97 Å². The summed E-state index contributed by atoms with van der Waals surface area (Å²) in [5.74, 6) is -0.178. The molecule has 5 nitrogen and oxygen atoms in total. The Kier molecular flexibility index (Phi) is 2.66. The van der Waals surface area contributed by atoms with Crippen molar-refractivity contribution in [3.05, 3.63) is 17.5 Å². The number of carbonyl (C=O) groups is 1. The molecule has 1 aromatic heterocycles. The summed E-state index contributed by atoms with van der Waals surface area (Å²) in [5.41, 5.74) is 0.727. The lowest BCUT2D eigenvalue weighted by Crippen LogP contribution is -2.08. The zero-order valence-corrected chi connectivity index (χ0v) is 8.92. The van der Waals surface area contributed by atoms with Crippen molar-refractivity contribution in [1.29, 1.82) is 0 Å². The molecule has 1 rings (SSSR count). The molecule has 0 aromatic carbocycles. The Morgan fingerprint density at radius 1 is 1.43 bits per heavy atom. The number of sulfone groups is 1. The fourth-order valence-corrected chi connectivity index (χ4v) is 1.52. The van der Waals surface area contributed by atoms with E-state index in [0.717, 1.165) is 6.26 Å². The lowest BCUT2D eigenvalue weighted by Gasteiger charge is -2.01. The number of carbonyl (C=O) groups excluding carboxylic acids is 1. The van der Waals surface area contributed by atoms with Crippen LogP contribution in [0.5, 0.6) is 0 Å². The predicted molar refractivity (Wildman–Crippen MR) is 49.9 cm³/mol. The monoisotopic (exact) mass is 214 g/mol. The standard InChI is InChI=1S/C8H10N2O3S/c1-5-7(6(2)11)4-9-8(10-5)14(3,12)13/h4H,1-3H3. The number of ketones is 1. The van der Waals surface area contributed by atoms with Crippen molar-refractivity contribution in [3.8, 4) is 0 Å². The first kappa shape index (κ1) is 10.8. The fraction of sp³-hybridized carbons (Fsp3) is 0.375. The average Bonchev–Trinajstić information content (AvgIpc) is 2.01. The van der Waals surface area contributed by atoms with Crippen LogP contribution < -0.4 is 0 Å². The van der Waals surface area contributed by atoms with Crippen LogP contribution in [0.15, 0.2) is 11.4 Å². The molecule has 0 bridgehead atoms. The third kappa shape index (κ3) is 2.14. The molecule has 0 fully saturated rings. The smallest absolute Gasteiger partial charge is 0.247 e. The number of rotatable bonds is 2. The number of Topliss-reactive ketones (excluding diaryl/α,β-unsaturated/α-hetero) is 1. The minimum absolute atomic E-state index is 0.178. The van der Waals surface area contributed by atoms with Crippen LogP contribution in [-0.2, 0) is 9.84 Å². The number of aromatic nitrogens is 2. The summed E-state index contributed by atoms with van der Waals surface area (Å²) in [6.45, 7) is 2.96. The van der Waals surface area contributed by atoms with Crippen LogP contribution in [0.1, 0.15) is 23.0 Å². The molecule has 76 valence electrons. The van der Waals surface area contributed by atoms with E-state index in [0.29, 0.717) is 11.3 Å². The first-order valence-electron chi connectivity index (χ1n) is 3.87. The number of nitrogens with zero attached hydrogens (tertiary/aromatic N) is 2. The van der Waals surface area contributed by atoms with Crippen LogP contribution in [0, 0.1) is 6.92 Å². The highest BCUT2D eigenvalue weighted by molar-refractivity contribution is 7.90. The van der Waals surface area contributed by atoms with Crippen molar-refractivity contribution in [2.75, 3.05) is 6.26 Å². The second-order valence-electron chi connectivity index (χ2n) is 2.98. The van der Waals surface area contributed by atoms with Gasteiger partial charge in [0.2, 0.25) is 15.0 Å². The normalized spacial score (nSPS) is 11.4. The minimum Gasteiger partial charge on any atom is -0.294 e. The molecule has 0 saturated heterocycles. The van der Waals surface area contributed by atoms with E-state index in [1.165, 1.54) is 13.1 Å². The quantitative estimate of drug-likeness (QED) is 0.525. The molecule has 0 N–H and O–H groups in total. The van der Waals surface area contributed by atoms with Gasteiger partial charge in [-0.3, -0.25) is 4.79 Å². The predicted octanol–water partition coefficient (Wildman–Crippen LogP) is 0.391. The lowest BCUT2D eigenvalue weighted by molar-refractivity contribution is 0.101. The Hall–Kier alpha value is -1.30. The molecule has 0 spiro atoms. The van der Waals surface area contributed by atoms with Gasteiger partial charge in [0.05, 0.1) is 11.3 Å². The van der Waals surface area contributed by atoms with Gasteiger partial charge >= 0.3 is 0 Å². The van der Waals surface area contributed by atoms with Gasteiger partial charge in [-0.25, -0.2) is 18.4 Å². The molecule has 0 saturated carbocycles. The van der Waals surface area contributed by atoms with Crippen molar-refractivity contribution < 1.29 is 13.2 Å². The maximum absolute atomic E-state index is 11.1. The lowest BCUT2D eigenvalue weighted by atomic mass is 10.2. The molecular formula is C8H10N2O3S. The second-order valence-corrected chi connectivity index (χ2v) is 4.89. The van der Waals surface area contributed by atoms with Crippen LogP contribution in [-0.4, -0.2) is 30.4 Å². The highest BCUT2D eigenvalue weighted by Crippen LogP contribution is 2.07. The Balaban J connectivity index is 3.34. The van der Waals surface area contributed by atoms with E-state index in [1.54, 1.807) is 6.92 Å². The Morgan fingerprint density at radius 2 is 2.00 bits per heavy atom. The summed E-state index contributed by atoms with van der Waals surface area (Å²) in [6.07, 6.45) is 2.26. The highest BCUT2D eigenvalue weighted by atomic mass is 32.2. The van der Waals surface area contributed by atoms with Crippen molar-refractivity contribution in [2.24, 2.45) is 0 Å². The molecule has 1 aromatic rings. The average molecular weight is 214 g/mol. The summed E-state index contributed by atoms with van der Waals surface area (Å²) in [4.78, 5) is 18.4. The summed E-state index contributed by atoms with van der Waals surface area (Å²) in [6, 6.07) is 0. The van der Waals surface area contributed by atoms with Crippen LogP contribution in [0.25, 0.3) is 0 Å². The van der Waals surface area contributed by atoms with Gasteiger partial charge in [0.15, 0.2) is 5.78 Å². The first-order chi connectivity index (χ1) is 6.32. The molecule has 0 aliphatic heterocycles. The Labute approximate surface area is 82.1 Å². The molecule has 1 heterocycles. The Bertz CT molecular complexity index is 479. The minimum atomic E-state index is -3.40. The van der Waals surface area contributed by atoms with Crippen molar-refractivity contribution >= 4 is 15.6 Å². The van der Waals surface area contributed by atoms with Crippen LogP contribution >= 0.6 is 0 Å².